The van der Waals surface area contributed by atoms with Crippen LogP contribution in [0.4, 0.5) is 0 Å². The van der Waals surface area contributed by atoms with Gasteiger partial charge >= 0.3 is 0 Å². The SMILES string of the molecule is OCC1=C[C@H]2CC3(C[C@H]2C1)OCCO3. The normalized spacial score (nSPS) is 39.1. The first-order chi connectivity index (χ1) is 6.81. The highest BCUT2D eigenvalue weighted by molar-refractivity contribution is 5.18. The fourth-order valence-electron chi connectivity index (χ4n) is 3.14. The van der Waals surface area contributed by atoms with Crippen LogP contribution >= 0.6 is 0 Å². The van der Waals surface area contributed by atoms with Crippen LogP contribution in [-0.2, 0) is 9.47 Å². The average molecular weight is 196 g/mol. The summed E-state index contributed by atoms with van der Waals surface area (Å²) in [6, 6.07) is 0. The first-order valence-corrected chi connectivity index (χ1v) is 5.40. The summed E-state index contributed by atoms with van der Waals surface area (Å²) in [6.07, 6.45) is 5.26. The van der Waals surface area contributed by atoms with E-state index in [9.17, 15) is 0 Å². The Bertz CT molecular complexity index is 266. The summed E-state index contributed by atoms with van der Waals surface area (Å²) >= 11 is 0. The zero-order valence-electron chi connectivity index (χ0n) is 8.24. The van der Waals surface area contributed by atoms with Gasteiger partial charge in [-0.05, 0) is 23.8 Å². The third kappa shape index (κ3) is 1.23. The summed E-state index contributed by atoms with van der Waals surface area (Å²) in [5.41, 5.74) is 1.20. The molecule has 0 bridgehead atoms. The Balaban J connectivity index is 1.75. The third-order valence-corrected chi connectivity index (χ3v) is 3.72. The van der Waals surface area contributed by atoms with E-state index >= 15 is 0 Å². The van der Waals surface area contributed by atoms with Crippen molar-refractivity contribution in [3.05, 3.63) is 11.6 Å². The standard InChI is InChI=1S/C11H16O3/c12-7-8-3-9-5-11(6-10(9)4-8)13-1-2-14-11/h3,9-10,12H,1-2,4-7H2/t9-,10+/m0/s1. The van der Waals surface area contributed by atoms with Crippen LogP contribution < -0.4 is 0 Å². The Kier molecular flexibility index (Phi) is 1.94. The molecule has 0 unspecified atom stereocenters. The Morgan fingerprint density at radius 2 is 2.14 bits per heavy atom. The van der Waals surface area contributed by atoms with E-state index in [4.69, 9.17) is 14.6 Å². The number of rotatable bonds is 1. The fourth-order valence-corrected chi connectivity index (χ4v) is 3.14. The number of fused-ring (bicyclic) bond motifs is 1. The lowest BCUT2D eigenvalue weighted by Crippen LogP contribution is -2.26. The summed E-state index contributed by atoms with van der Waals surface area (Å²) in [7, 11) is 0. The summed E-state index contributed by atoms with van der Waals surface area (Å²) in [5, 5.41) is 9.05. The van der Waals surface area contributed by atoms with Crippen molar-refractivity contribution in [3.8, 4) is 0 Å². The van der Waals surface area contributed by atoms with Gasteiger partial charge in [-0.15, -0.1) is 0 Å². The molecule has 3 rings (SSSR count). The molecule has 2 atom stereocenters. The van der Waals surface area contributed by atoms with E-state index in [1.165, 1.54) is 5.57 Å². The molecule has 3 aliphatic rings. The molecule has 0 amide bonds. The number of aliphatic hydroxyl groups is 1. The van der Waals surface area contributed by atoms with Crippen LogP contribution in [0.3, 0.4) is 0 Å². The zero-order valence-corrected chi connectivity index (χ0v) is 8.24. The minimum Gasteiger partial charge on any atom is -0.392 e. The highest BCUT2D eigenvalue weighted by Crippen LogP contribution is 2.50. The molecule has 2 aliphatic carbocycles. The smallest absolute Gasteiger partial charge is 0.169 e. The third-order valence-electron chi connectivity index (χ3n) is 3.72. The summed E-state index contributed by atoms with van der Waals surface area (Å²) in [5.74, 6) is 0.970. The molecule has 1 heterocycles. The average Bonchev–Trinajstić information content (AvgIpc) is 2.81. The molecule has 2 fully saturated rings. The van der Waals surface area contributed by atoms with Gasteiger partial charge in [0, 0.05) is 12.8 Å². The summed E-state index contributed by atoms with van der Waals surface area (Å²) < 4.78 is 11.4. The minimum atomic E-state index is -0.257. The Morgan fingerprint density at radius 1 is 1.36 bits per heavy atom. The first-order valence-electron chi connectivity index (χ1n) is 5.40. The molecule has 1 N–H and O–H groups in total. The Morgan fingerprint density at radius 3 is 2.79 bits per heavy atom. The number of aliphatic hydroxyl groups excluding tert-OH is 1. The van der Waals surface area contributed by atoms with Crippen molar-refractivity contribution in [1.29, 1.82) is 0 Å². The van der Waals surface area contributed by atoms with E-state index in [0.29, 0.717) is 11.8 Å². The molecule has 0 aromatic rings. The molecule has 0 aromatic heterocycles. The van der Waals surface area contributed by atoms with E-state index in [2.05, 4.69) is 6.08 Å². The molecule has 3 heteroatoms. The maximum atomic E-state index is 9.05. The first kappa shape index (κ1) is 8.89. The van der Waals surface area contributed by atoms with Crippen molar-refractivity contribution < 1.29 is 14.6 Å². The van der Waals surface area contributed by atoms with Crippen molar-refractivity contribution in [3.63, 3.8) is 0 Å². The Hall–Kier alpha value is -0.380. The maximum Gasteiger partial charge on any atom is 0.169 e. The van der Waals surface area contributed by atoms with Gasteiger partial charge in [0.15, 0.2) is 5.79 Å². The number of ether oxygens (including phenoxy) is 2. The van der Waals surface area contributed by atoms with E-state index < -0.39 is 0 Å². The summed E-state index contributed by atoms with van der Waals surface area (Å²) in [6.45, 7) is 1.72. The molecule has 1 aliphatic heterocycles. The van der Waals surface area contributed by atoms with Gasteiger partial charge in [-0.25, -0.2) is 0 Å². The molecular weight excluding hydrogens is 180 g/mol. The second-order valence-electron chi connectivity index (χ2n) is 4.63. The second-order valence-corrected chi connectivity index (χ2v) is 4.63. The lowest BCUT2D eigenvalue weighted by atomic mass is 10.00. The molecule has 0 aromatic carbocycles. The molecule has 78 valence electrons. The van der Waals surface area contributed by atoms with Crippen LogP contribution in [0, 0.1) is 11.8 Å². The number of hydrogen-bond acceptors (Lipinski definition) is 3. The highest BCUT2D eigenvalue weighted by Gasteiger charge is 2.50. The van der Waals surface area contributed by atoms with Gasteiger partial charge in [0.25, 0.3) is 0 Å². The molecule has 0 radical (unpaired) electrons. The largest absolute Gasteiger partial charge is 0.392 e. The van der Waals surface area contributed by atoms with Gasteiger partial charge in [-0.1, -0.05) is 6.08 Å². The minimum absolute atomic E-state index is 0.224. The van der Waals surface area contributed by atoms with Gasteiger partial charge in [0.05, 0.1) is 19.8 Å². The molecule has 3 nitrogen and oxygen atoms in total. The quantitative estimate of drug-likeness (QED) is 0.638. The predicted molar refractivity (Wildman–Crippen MR) is 50.6 cm³/mol. The van der Waals surface area contributed by atoms with Crippen molar-refractivity contribution in [2.24, 2.45) is 11.8 Å². The lowest BCUT2D eigenvalue weighted by molar-refractivity contribution is -0.153. The van der Waals surface area contributed by atoms with Crippen LogP contribution in [0.15, 0.2) is 11.6 Å². The molecule has 1 saturated carbocycles. The molecular formula is C11H16O3. The van der Waals surface area contributed by atoms with Crippen LogP contribution in [0.2, 0.25) is 0 Å². The predicted octanol–water partition coefficient (Wildman–Crippen LogP) is 1.08. The van der Waals surface area contributed by atoms with Crippen LogP contribution in [0.5, 0.6) is 0 Å². The van der Waals surface area contributed by atoms with Crippen molar-refractivity contribution in [2.45, 2.75) is 25.0 Å². The lowest BCUT2D eigenvalue weighted by Gasteiger charge is -2.22. The van der Waals surface area contributed by atoms with Gasteiger partial charge in [0.1, 0.15) is 0 Å². The molecule has 1 spiro atoms. The van der Waals surface area contributed by atoms with E-state index in [1.54, 1.807) is 0 Å². The fraction of sp³-hybridized carbons (Fsp3) is 0.818. The summed E-state index contributed by atoms with van der Waals surface area (Å²) in [4.78, 5) is 0. The monoisotopic (exact) mass is 196 g/mol. The van der Waals surface area contributed by atoms with Gasteiger partial charge in [-0.2, -0.15) is 0 Å². The second kappa shape index (κ2) is 3.05. The van der Waals surface area contributed by atoms with E-state index in [1.807, 2.05) is 0 Å². The van der Waals surface area contributed by atoms with Gasteiger partial charge in [0.2, 0.25) is 0 Å². The highest BCUT2D eigenvalue weighted by atomic mass is 16.7. The molecule has 1 saturated heterocycles. The van der Waals surface area contributed by atoms with Crippen LogP contribution in [0.25, 0.3) is 0 Å². The van der Waals surface area contributed by atoms with Crippen molar-refractivity contribution in [1.82, 2.24) is 0 Å². The van der Waals surface area contributed by atoms with Gasteiger partial charge in [-0.3, -0.25) is 0 Å². The van der Waals surface area contributed by atoms with Crippen molar-refractivity contribution >= 4 is 0 Å². The van der Waals surface area contributed by atoms with E-state index in [-0.39, 0.29) is 12.4 Å². The number of hydrogen-bond donors (Lipinski definition) is 1. The van der Waals surface area contributed by atoms with Gasteiger partial charge < -0.3 is 14.6 Å². The maximum absolute atomic E-state index is 9.05. The van der Waals surface area contributed by atoms with Crippen molar-refractivity contribution in [2.75, 3.05) is 19.8 Å². The van der Waals surface area contributed by atoms with E-state index in [0.717, 1.165) is 32.5 Å². The Labute approximate surface area is 83.7 Å². The number of allylic oxidation sites excluding steroid dienone is 1. The molecule has 14 heavy (non-hydrogen) atoms. The zero-order chi connectivity index (χ0) is 9.60. The van der Waals surface area contributed by atoms with Crippen LogP contribution in [0.1, 0.15) is 19.3 Å². The topological polar surface area (TPSA) is 38.7 Å². The van der Waals surface area contributed by atoms with Crippen LogP contribution in [-0.4, -0.2) is 30.7 Å².